The molecule has 1 saturated carbocycles. The summed E-state index contributed by atoms with van der Waals surface area (Å²) in [5, 5.41) is 0. The number of hydrogen-bond donors (Lipinski definition) is 1. The summed E-state index contributed by atoms with van der Waals surface area (Å²) in [5.74, 6) is 0.928. The molecule has 1 saturated heterocycles. The number of nitrogens with two attached hydrogens (primary N) is 1. The van der Waals surface area contributed by atoms with Gasteiger partial charge in [0.05, 0.1) is 0 Å². The van der Waals surface area contributed by atoms with Crippen LogP contribution in [0, 0.1) is 5.92 Å². The Balaban J connectivity index is 1.93. The van der Waals surface area contributed by atoms with Crippen LogP contribution in [0.15, 0.2) is 0 Å². The van der Waals surface area contributed by atoms with Crippen LogP contribution in [-0.4, -0.2) is 43.8 Å². The minimum absolute atomic E-state index is 0.214. The summed E-state index contributed by atoms with van der Waals surface area (Å²) < 4.78 is 5.56. The Hall–Kier alpha value is -0.120. The molecule has 1 aliphatic heterocycles. The van der Waals surface area contributed by atoms with Crippen LogP contribution >= 0.6 is 0 Å². The van der Waals surface area contributed by atoms with E-state index >= 15 is 0 Å². The molecular formula is C13H26N2O. The van der Waals surface area contributed by atoms with E-state index in [1.807, 2.05) is 0 Å². The van der Waals surface area contributed by atoms with Gasteiger partial charge in [-0.25, -0.2) is 0 Å². The van der Waals surface area contributed by atoms with Crippen molar-refractivity contribution >= 4 is 0 Å². The number of ether oxygens (including phenoxy) is 1. The molecule has 0 amide bonds. The summed E-state index contributed by atoms with van der Waals surface area (Å²) in [4.78, 5) is 2.53. The monoisotopic (exact) mass is 226 g/mol. The Morgan fingerprint density at radius 3 is 2.69 bits per heavy atom. The highest BCUT2D eigenvalue weighted by Gasteiger charge is 2.35. The first kappa shape index (κ1) is 12.3. The first-order valence-corrected chi connectivity index (χ1v) is 6.76. The topological polar surface area (TPSA) is 38.5 Å². The summed E-state index contributed by atoms with van der Waals surface area (Å²) in [5.41, 5.74) is 6.26. The molecule has 0 aromatic carbocycles. The molecule has 1 unspecified atom stereocenters. The lowest BCUT2D eigenvalue weighted by molar-refractivity contribution is 0.0626. The summed E-state index contributed by atoms with van der Waals surface area (Å²) in [6.07, 6.45) is 7.73. The lowest BCUT2D eigenvalue weighted by Gasteiger charge is -2.43. The second kappa shape index (κ2) is 5.48. The maximum Gasteiger partial charge on any atom is 0.0484 e. The predicted molar refractivity (Wildman–Crippen MR) is 66.4 cm³/mol. The zero-order valence-corrected chi connectivity index (χ0v) is 10.6. The van der Waals surface area contributed by atoms with Crippen molar-refractivity contribution in [3.05, 3.63) is 0 Å². The molecule has 0 aromatic rings. The smallest absolute Gasteiger partial charge is 0.0484 e. The van der Waals surface area contributed by atoms with Crippen molar-refractivity contribution in [2.45, 2.75) is 44.1 Å². The van der Waals surface area contributed by atoms with Gasteiger partial charge in [0.25, 0.3) is 0 Å². The normalized spacial score (nSPS) is 32.4. The average molecular weight is 226 g/mol. The van der Waals surface area contributed by atoms with Gasteiger partial charge in [-0.15, -0.1) is 0 Å². The molecule has 94 valence electrons. The fraction of sp³-hybridized carbons (Fsp3) is 1.00. The first-order chi connectivity index (χ1) is 7.77. The Morgan fingerprint density at radius 1 is 1.25 bits per heavy atom. The number of nitrogens with zero attached hydrogens (tertiary/aromatic N) is 1. The predicted octanol–water partition coefficient (Wildman–Crippen LogP) is 1.62. The van der Waals surface area contributed by atoms with Crippen molar-refractivity contribution in [2.75, 3.05) is 33.4 Å². The Kier molecular flexibility index (Phi) is 4.22. The van der Waals surface area contributed by atoms with Gasteiger partial charge in [0.2, 0.25) is 0 Å². The zero-order valence-electron chi connectivity index (χ0n) is 10.6. The highest BCUT2D eigenvalue weighted by atomic mass is 16.5. The van der Waals surface area contributed by atoms with Crippen LogP contribution in [0.3, 0.4) is 0 Å². The summed E-state index contributed by atoms with van der Waals surface area (Å²) in [6.45, 7) is 3.81. The molecule has 2 aliphatic rings. The highest BCUT2D eigenvalue weighted by Crippen LogP contribution is 2.32. The third-order valence-electron chi connectivity index (χ3n) is 4.59. The van der Waals surface area contributed by atoms with Gasteiger partial charge in [-0.05, 0) is 45.1 Å². The summed E-state index contributed by atoms with van der Waals surface area (Å²) >= 11 is 0. The molecule has 0 radical (unpaired) electrons. The van der Waals surface area contributed by atoms with Crippen molar-refractivity contribution in [3.63, 3.8) is 0 Å². The van der Waals surface area contributed by atoms with E-state index in [-0.39, 0.29) is 5.54 Å². The van der Waals surface area contributed by atoms with Crippen LogP contribution in [0.5, 0.6) is 0 Å². The van der Waals surface area contributed by atoms with E-state index in [4.69, 9.17) is 10.5 Å². The maximum atomic E-state index is 6.05. The number of rotatable bonds is 4. The van der Waals surface area contributed by atoms with E-state index in [2.05, 4.69) is 11.9 Å². The molecule has 0 bridgehead atoms. The van der Waals surface area contributed by atoms with E-state index in [1.165, 1.54) is 32.2 Å². The fourth-order valence-electron chi connectivity index (χ4n) is 2.99. The first-order valence-electron chi connectivity index (χ1n) is 6.76. The standard InChI is InChI=1S/C13H26N2O/c1-15(10-12-4-2-5-12)13(11-14)6-3-8-16-9-7-13/h12H,2-11,14H2,1H3. The molecule has 0 spiro atoms. The van der Waals surface area contributed by atoms with Crippen molar-refractivity contribution in [2.24, 2.45) is 11.7 Å². The molecule has 1 atom stereocenters. The molecular weight excluding hydrogens is 200 g/mol. The van der Waals surface area contributed by atoms with E-state index < -0.39 is 0 Å². The van der Waals surface area contributed by atoms with Gasteiger partial charge < -0.3 is 10.5 Å². The van der Waals surface area contributed by atoms with E-state index in [1.54, 1.807) is 0 Å². The molecule has 2 rings (SSSR count). The van der Waals surface area contributed by atoms with Crippen LogP contribution in [0.2, 0.25) is 0 Å². The van der Waals surface area contributed by atoms with Crippen molar-refractivity contribution in [3.8, 4) is 0 Å². The fourth-order valence-corrected chi connectivity index (χ4v) is 2.99. The second-order valence-corrected chi connectivity index (χ2v) is 5.57. The van der Waals surface area contributed by atoms with Gasteiger partial charge in [-0.1, -0.05) is 6.42 Å². The van der Waals surface area contributed by atoms with Crippen LogP contribution < -0.4 is 5.73 Å². The highest BCUT2D eigenvalue weighted by molar-refractivity contribution is 4.92. The minimum Gasteiger partial charge on any atom is -0.381 e. The Labute approximate surface area is 99.3 Å². The van der Waals surface area contributed by atoms with E-state index in [0.29, 0.717) is 0 Å². The molecule has 2 N–H and O–H groups in total. The summed E-state index contributed by atoms with van der Waals surface area (Å²) in [7, 11) is 2.26. The van der Waals surface area contributed by atoms with Crippen LogP contribution in [0.1, 0.15) is 38.5 Å². The van der Waals surface area contributed by atoms with Crippen LogP contribution in [-0.2, 0) is 4.74 Å². The molecule has 3 nitrogen and oxygen atoms in total. The molecule has 1 aliphatic carbocycles. The lowest BCUT2D eigenvalue weighted by Crippen LogP contribution is -2.54. The van der Waals surface area contributed by atoms with Gasteiger partial charge >= 0.3 is 0 Å². The van der Waals surface area contributed by atoms with E-state index in [9.17, 15) is 0 Å². The van der Waals surface area contributed by atoms with Crippen molar-refractivity contribution < 1.29 is 4.74 Å². The third-order valence-corrected chi connectivity index (χ3v) is 4.59. The molecule has 1 heterocycles. The zero-order chi connectivity index (χ0) is 11.4. The van der Waals surface area contributed by atoms with Crippen molar-refractivity contribution in [1.82, 2.24) is 4.90 Å². The van der Waals surface area contributed by atoms with E-state index in [0.717, 1.165) is 38.5 Å². The lowest BCUT2D eigenvalue weighted by atomic mass is 9.82. The van der Waals surface area contributed by atoms with Crippen molar-refractivity contribution in [1.29, 1.82) is 0 Å². The molecule has 16 heavy (non-hydrogen) atoms. The molecule has 2 fully saturated rings. The largest absolute Gasteiger partial charge is 0.381 e. The van der Waals surface area contributed by atoms with Crippen LogP contribution in [0.4, 0.5) is 0 Å². The van der Waals surface area contributed by atoms with Crippen LogP contribution in [0.25, 0.3) is 0 Å². The van der Waals surface area contributed by atoms with Gasteiger partial charge in [0.15, 0.2) is 0 Å². The minimum atomic E-state index is 0.214. The number of likely N-dealkylation sites (N-methyl/N-ethyl adjacent to an activating group) is 1. The van der Waals surface area contributed by atoms with Gasteiger partial charge in [0, 0.05) is 31.8 Å². The SMILES string of the molecule is CN(CC1CCC1)C1(CN)CCCOCC1. The number of hydrogen-bond acceptors (Lipinski definition) is 3. The summed E-state index contributed by atoms with van der Waals surface area (Å²) in [6, 6.07) is 0. The Bertz CT molecular complexity index is 208. The van der Waals surface area contributed by atoms with Gasteiger partial charge in [-0.3, -0.25) is 4.90 Å². The van der Waals surface area contributed by atoms with Gasteiger partial charge in [0.1, 0.15) is 0 Å². The third kappa shape index (κ3) is 2.58. The quantitative estimate of drug-likeness (QED) is 0.791. The average Bonchev–Trinajstić information content (AvgIpc) is 2.49. The maximum absolute atomic E-state index is 6.05. The second-order valence-electron chi connectivity index (χ2n) is 5.57. The molecule has 3 heteroatoms. The molecule has 0 aromatic heterocycles. The van der Waals surface area contributed by atoms with Gasteiger partial charge in [-0.2, -0.15) is 0 Å². The Morgan fingerprint density at radius 2 is 2.06 bits per heavy atom.